The Hall–Kier alpha value is -3.77. The van der Waals surface area contributed by atoms with Crippen LogP contribution in [0.15, 0.2) is 6.20 Å². The number of nitrogens with zero attached hydrogens (tertiary/aromatic N) is 7. The van der Waals surface area contributed by atoms with Crippen molar-refractivity contribution in [1.82, 2.24) is 24.8 Å². The lowest BCUT2D eigenvalue weighted by atomic mass is 9.93. The van der Waals surface area contributed by atoms with E-state index in [2.05, 4.69) is 32.8 Å². The van der Waals surface area contributed by atoms with Gasteiger partial charge in [0.1, 0.15) is 35.2 Å². The van der Waals surface area contributed by atoms with E-state index in [-0.39, 0.29) is 75.3 Å². The van der Waals surface area contributed by atoms with Crippen LogP contribution < -0.4 is 15.4 Å². The number of pyridine rings is 1. The second kappa shape index (κ2) is 10.6. The van der Waals surface area contributed by atoms with Gasteiger partial charge in [-0.1, -0.05) is 0 Å². The molecular formula is C33H33F3N8O2S. The Morgan fingerprint density at radius 1 is 1.15 bits per heavy atom. The molecule has 2 bridgehead atoms. The Bertz CT molecular complexity index is 2000. The molecular weight excluding hydrogens is 629 g/mol. The molecule has 3 unspecified atom stereocenters. The number of nitriles is 1. The number of benzene rings is 1. The summed E-state index contributed by atoms with van der Waals surface area (Å²) in [5, 5.41) is 10.8. The fourth-order valence-electron chi connectivity index (χ4n) is 8.99. The molecule has 4 saturated heterocycles. The molecule has 0 radical (unpaired) electrons. The summed E-state index contributed by atoms with van der Waals surface area (Å²) in [7, 11) is 2.11. The highest BCUT2D eigenvalue weighted by Gasteiger charge is 2.50. The van der Waals surface area contributed by atoms with Gasteiger partial charge in [-0.15, -0.1) is 11.3 Å². The number of hydrogen-bond acceptors (Lipinski definition) is 11. The first-order chi connectivity index (χ1) is 22.8. The molecule has 244 valence electrons. The number of aromatic nitrogens is 3. The molecule has 3 aromatic heterocycles. The molecule has 5 aliphatic heterocycles. The average molecular weight is 663 g/mol. The number of halogens is 3. The maximum absolute atomic E-state index is 17.4. The smallest absolute Gasteiger partial charge is 0.319 e. The van der Waals surface area contributed by atoms with E-state index in [0.29, 0.717) is 29.7 Å². The van der Waals surface area contributed by atoms with Crippen LogP contribution in [0, 0.1) is 23.0 Å². The molecule has 47 heavy (non-hydrogen) atoms. The van der Waals surface area contributed by atoms with Crippen molar-refractivity contribution in [2.45, 2.75) is 69.1 Å². The predicted octanol–water partition coefficient (Wildman–Crippen LogP) is 4.91. The van der Waals surface area contributed by atoms with E-state index < -0.39 is 23.3 Å². The van der Waals surface area contributed by atoms with Crippen molar-refractivity contribution in [3.05, 3.63) is 34.5 Å². The van der Waals surface area contributed by atoms with E-state index in [9.17, 15) is 14.0 Å². The monoisotopic (exact) mass is 662 g/mol. The summed E-state index contributed by atoms with van der Waals surface area (Å²) in [5.41, 5.74) is 7.35. The van der Waals surface area contributed by atoms with Gasteiger partial charge in [0.05, 0.1) is 46.3 Å². The molecule has 4 aromatic rings. The quantitative estimate of drug-likeness (QED) is 0.316. The molecule has 9 rings (SSSR count). The third-order valence-electron chi connectivity index (χ3n) is 10.9. The van der Waals surface area contributed by atoms with E-state index in [1.54, 1.807) is 0 Å². The Labute approximate surface area is 272 Å². The Balaban J connectivity index is 1.27. The Morgan fingerprint density at radius 3 is 2.72 bits per heavy atom. The number of nitrogen functional groups attached to an aromatic ring is 1. The van der Waals surface area contributed by atoms with Crippen LogP contribution in [0.4, 0.5) is 24.0 Å². The molecule has 0 saturated carbocycles. The van der Waals surface area contributed by atoms with E-state index in [0.717, 1.165) is 68.4 Å². The number of piperazine rings is 1. The second-order valence-electron chi connectivity index (χ2n) is 13.7. The zero-order valence-electron chi connectivity index (χ0n) is 25.9. The van der Waals surface area contributed by atoms with E-state index >= 15 is 4.39 Å². The van der Waals surface area contributed by atoms with Crippen LogP contribution in [0.3, 0.4) is 0 Å². The van der Waals surface area contributed by atoms with Crippen LogP contribution in [0.25, 0.3) is 32.2 Å². The Morgan fingerprint density at radius 2 is 1.94 bits per heavy atom. The predicted molar refractivity (Wildman–Crippen MR) is 171 cm³/mol. The van der Waals surface area contributed by atoms with E-state index in [1.165, 1.54) is 0 Å². The summed E-state index contributed by atoms with van der Waals surface area (Å²) < 4.78 is 59.4. The highest BCUT2D eigenvalue weighted by atomic mass is 32.1. The highest BCUT2D eigenvalue weighted by Crippen LogP contribution is 2.48. The van der Waals surface area contributed by atoms with Crippen molar-refractivity contribution in [2.75, 3.05) is 50.5 Å². The average Bonchev–Trinajstić information content (AvgIpc) is 3.85. The van der Waals surface area contributed by atoms with Gasteiger partial charge in [0.15, 0.2) is 11.6 Å². The first kappa shape index (κ1) is 29.4. The number of nitrogens with two attached hydrogens (primary N) is 1. The lowest BCUT2D eigenvalue weighted by Gasteiger charge is -2.41. The lowest BCUT2D eigenvalue weighted by molar-refractivity contribution is 0.107. The largest absolute Gasteiger partial charge is 0.461 e. The summed E-state index contributed by atoms with van der Waals surface area (Å²) in [6, 6.07) is 2.46. The minimum absolute atomic E-state index is 0.0350. The summed E-state index contributed by atoms with van der Waals surface area (Å²) >= 11 is 0.938. The molecule has 4 atom stereocenters. The van der Waals surface area contributed by atoms with Crippen LogP contribution >= 0.6 is 11.3 Å². The minimum atomic E-state index is -0.917. The van der Waals surface area contributed by atoms with Gasteiger partial charge < -0.3 is 25.0 Å². The molecule has 5 aliphatic rings. The van der Waals surface area contributed by atoms with Crippen LogP contribution in [-0.2, 0) is 18.0 Å². The summed E-state index contributed by atoms with van der Waals surface area (Å²) in [4.78, 5) is 20.9. The third-order valence-corrected chi connectivity index (χ3v) is 12.0. The van der Waals surface area contributed by atoms with Gasteiger partial charge in [0.2, 0.25) is 0 Å². The van der Waals surface area contributed by atoms with Gasteiger partial charge in [0, 0.05) is 49.1 Å². The number of likely N-dealkylation sites (N-methyl/N-ethyl adjacent to an activating group) is 1. The van der Waals surface area contributed by atoms with E-state index in [4.69, 9.17) is 25.2 Å². The van der Waals surface area contributed by atoms with Gasteiger partial charge in [-0.25, -0.2) is 13.2 Å². The SMILES string of the molecule is CN1CC2CCC(C1)N2c1nc(OC[C@@]23CCCN2CC(F)C3)nc2c(F)c(-c3ncc(F)c4sc(N)c(C#N)c34)c3c(c12)COC3. The fraction of sp³-hybridized carbons (Fsp3) is 0.515. The number of hydrogen-bond donors (Lipinski definition) is 1. The van der Waals surface area contributed by atoms with Crippen LogP contribution in [-0.4, -0.2) is 88.4 Å². The molecule has 4 fully saturated rings. The number of fused-ring (bicyclic) bond motifs is 7. The molecule has 14 heteroatoms. The van der Waals surface area contributed by atoms with Gasteiger partial charge >= 0.3 is 6.01 Å². The van der Waals surface area contributed by atoms with Gasteiger partial charge in [-0.3, -0.25) is 9.88 Å². The second-order valence-corrected chi connectivity index (χ2v) is 14.7. The summed E-state index contributed by atoms with van der Waals surface area (Å²) in [5.74, 6) is -0.689. The van der Waals surface area contributed by atoms with Crippen molar-refractivity contribution in [3.8, 4) is 23.3 Å². The maximum Gasteiger partial charge on any atom is 0.319 e. The molecule has 0 amide bonds. The van der Waals surface area contributed by atoms with Crippen molar-refractivity contribution >= 4 is 43.1 Å². The topological polar surface area (TPSA) is 117 Å². The normalized spacial score (nSPS) is 27.2. The van der Waals surface area contributed by atoms with Crippen LogP contribution in [0.2, 0.25) is 0 Å². The van der Waals surface area contributed by atoms with Crippen molar-refractivity contribution in [3.63, 3.8) is 0 Å². The zero-order valence-corrected chi connectivity index (χ0v) is 26.7. The molecule has 8 heterocycles. The number of ether oxygens (including phenoxy) is 2. The molecule has 0 spiro atoms. The Kier molecular flexibility index (Phi) is 6.64. The van der Waals surface area contributed by atoms with Crippen molar-refractivity contribution < 1.29 is 22.6 Å². The van der Waals surface area contributed by atoms with Gasteiger partial charge in [-0.2, -0.15) is 15.2 Å². The first-order valence-corrected chi connectivity index (χ1v) is 17.0. The van der Waals surface area contributed by atoms with Crippen molar-refractivity contribution in [1.29, 1.82) is 5.26 Å². The standard InChI is InChI=1S/C33H33F3N8O2S/c1-42-11-17-3-4-18(12-42)44(17)31-25-21-14-45-13-20(21)23(27-24-19(8-37)30(38)47-29(24)22(35)9-39-27)26(36)28(25)40-32(41-31)46-15-33-5-2-6-43(33)10-16(34)7-33/h9,16-18H,2-7,10-15,38H2,1H3/t16?,17?,18?,33-/m0/s1. The van der Waals surface area contributed by atoms with Gasteiger partial charge in [0.25, 0.3) is 0 Å². The van der Waals surface area contributed by atoms with Crippen LogP contribution in [0.5, 0.6) is 6.01 Å². The first-order valence-electron chi connectivity index (χ1n) is 16.1. The zero-order chi connectivity index (χ0) is 32.2. The minimum Gasteiger partial charge on any atom is -0.461 e. The third kappa shape index (κ3) is 4.29. The van der Waals surface area contributed by atoms with Crippen molar-refractivity contribution in [2.24, 2.45) is 0 Å². The molecule has 10 nitrogen and oxygen atoms in total. The number of alkyl halides is 1. The summed E-state index contributed by atoms with van der Waals surface area (Å²) in [6.07, 6.45) is 4.26. The maximum atomic E-state index is 17.4. The van der Waals surface area contributed by atoms with Gasteiger partial charge in [-0.05, 0) is 50.4 Å². The molecule has 1 aromatic carbocycles. The number of likely N-dealkylation sites (tertiary alicyclic amines) is 1. The van der Waals surface area contributed by atoms with Crippen LogP contribution in [0.1, 0.15) is 48.8 Å². The molecule has 0 aliphatic carbocycles. The highest BCUT2D eigenvalue weighted by molar-refractivity contribution is 7.23. The number of rotatable bonds is 5. The summed E-state index contributed by atoms with van der Waals surface area (Å²) in [6.45, 7) is 3.42. The lowest BCUT2D eigenvalue weighted by Crippen LogP contribution is -2.53. The molecule has 2 N–H and O–H groups in total. The fourth-order valence-corrected chi connectivity index (χ4v) is 9.91. The van der Waals surface area contributed by atoms with E-state index in [1.807, 2.05) is 0 Å². The number of thiophene rings is 1. The number of anilines is 2.